The summed E-state index contributed by atoms with van der Waals surface area (Å²) in [6, 6.07) is 5.85. The van der Waals surface area contributed by atoms with Gasteiger partial charge in [0.05, 0.1) is 0 Å². The summed E-state index contributed by atoms with van der Waals surface area (Å²) >= 11 is 2.41. The van der Waals surface area contributed by atoms with Crippen molar-refractivity contribution in [2.24, 2.45) is 0 Å². The van der Waals surface area contributed by atoms with E-state index < -0.39 is 0 Å². The van der Waals surface area contributed by atoms with Crippen LogP contribution in [0.3, 0.4) is 0 Å². The van der Waals surface area contributed by atoms with Gasteiger partial charge < -0.3 is 0 Å². The van der Waals surface area contributed by atoms with Crippen LogP contribution in [0.25, 0.3) is 0 Å². The molecule has 0 aliphatic heterocycles. The fraction of sp³-hybridized carbons (Fsp3) is 0.222. The number of aryl methyl sites for hydroxylation is 1. The van der Waals surface area contributed by atoms with Gasteiger partial charge in [-0.05, 0) is 0 Å². The first-order chi connectivity index (χ1) is 5.77. The quantitative estimate of drug-likeness (QED) is 0.607. The van der Waals surface area contributed by atoms with Crippen LogP contribution >= 0.6 is 0 Å². The molecule has 66 valence electrons. The molecule has 0 aliphatic rings. The maximum absolute atomic E-state index is 8.35. The van der Waals surface area contributed by atoms with Crippen LogP contribution in [0, 0.1) is 18.4 Å². The Bertz CT molecular complexity index is 317. The molecule has 2 nitrogen and oxygen atoms in total. The van der Waals surface area contributed by atoms with E-state index in [0.29, 0.717) is 5.75 Å². The molecule has 0 atom stereocenters. The molecule has 0 saturated carbocycles. The standard InChI is InChI=1S/C9H8NO.Au/c1-7-3-4-8(2)9(5-7)11-6-10;/h3-5H,2H2,1H3;. The molecule has 0 saturated heterocycles. The molecule has 1 aromatic rings. The number of hydrogen-bond donors (Lipinski definition) is 0. The van der Waals surface area contributed by atoms with Gasteiger partial charge in [0.25, 0.3) is 0 Å². The third-order valence-corrected chi connectivity index (χ3v) is 2.32. The molecule has 0 spiro atoms. The summed E-state index contributed by atoms with van der Waals surface area (Å²) in [5, 5.41) is 8.35. The van der Waals surface area contributed by atoms with Gasteiger partial charge in [0.1, 0.15) is 0 Å². The van der Waals surface area contributed by atoms with E-state index in [1.54, 1.807) is 6.26 Å². The molecule has 1 aromatic carbocycles. The summed E-state index contributed by atoms with van der Waals surface area (Å²) in [6.45, 7) is 1.97. The normalized spacial score (nSPS) is 9.17. The van der Waals surface area contributed by atoms with Crippen molar-refractivity contribution in [3.63, 3.8) is 0 Å². The molecule has 12 heavy (non-hydrogen) atoms. The van der Waals surface area contributed by atoms with Gasteiger partial charge in [0, 0.05) is 0 Å². The number of nitrogens with zero attached hydrogens (tertiary/aromatic N) is 1. The number of ether oxygens (including phenoxy) is 1. The Morgan fingerprint density at radius 3 is 2.92 bits per heavy atom. The molecule has 0 radical (unpaired) electrons. The van der Waals surface area contributed by atoms with Gasteiger partial charge in [0.2, 0.25) is 0 Å². The van der Waals surface area contributed by atoms with Crippen LogP contribution in [0.2, 0.25) is 0 Å². The second-order valence-corrected chi connectivity index (χ2v) is 3.18. The van der Waals surface area contributed by atoms with Gasteiger partial charge in [-0.1, -0.05) is 0 Å². The summed E-state index contributed by atoms with van der Waals surface area (Å²) in [7, 11) is 0. The molecule has 0 aromatic heterocycles. The van der Waals surface area contributed by atoms with Crippen molar-refractivity contribution in [1.29, 1.82) is 5.26 Å². The summed E-state index contributed by atoms with van der Waals surface area (Å²) in [4.78, 5) is 0. The first-order valence-corrected chi connectivity index (χ1v) is 4.97. The van der Waals surface area contributed by atoms with Gasteiger partial charge in [-0.3, -0.25) is 0 Å². The first-order valence-electron chi connectivity index (χ1n) is 3.44. The van der Waals surface area contributed by atoms with Gasteiger partial charge in [-0.15, -0.1) is 0 Å². The minimum absolute atomic E-state index is 0.667. The maximum atomic E-state index is 8.35. The first kappa shape index (κ1) is 9.34. The van der Waals surface area contributed by atoms with Crippen LogP contribution in [-0.2, 0) is 25.7 Å². The predicted molar refractivity (Wildman–Crippen MR) is 41.1 cm³/mol. The molecule has 0 amide bonds. The van der Waals surface area contributed by atoms with Crippen LogP contribution in [0.4, 0.5) is 0 Å². The van der Waals surface area contributed by atoms with E-state index in [1.807, 2.05) is 25.1 Å². The van der Waals surface area contributed by atoms with E-state index in [2.05, 4.69) is 21.1 Å². The monoisotopic (exact) mass is 343 g/mol. The van der Waals surface area contributed by atoms with E-state index >= 15 is 0 Å². The molecule has 1 rings (SSSR count). The van der Waals surface area contributed by atoms with Crippen LogP contribution < -0.4 is 4.74 Å². The second-order valence-electron chi connectivity index (χ2n) is 2.41. The average molecular weight is 343 g/mol. The summed E-state index contributed by atoms with van der Waals surface area (Å²) in [5.74, 6) is 0.667. The van der Waals surface area contributed by atoms with Crippen molar-refractivity contribution in [3.05, 3.63) is 29.3 Å². The Hall–Kier alpha value is -0.750. The van der Waals surface area contributed by atoms with E-state index in [1.165, 1.54) is 0 Å². The zero-order valence-corrected chi connectivity index (χ0v) is 8.76. The summed E-state index contributed by atoms with van der Waals surface area (Å²) in [5.41, 5.74) is 2.15. The Morgan fingerprint density at radius 1 is 1.58 bits per heavy atom. The minimum atomic E-state index is 0.667. The predicted octanol–water partition coefficient (Wildman–Crippen LogP) is 1.90. The Balaban J connectivity index is 3.05. The Kier molecular flexibility index (Phi) is 3.36. The van der Waals surface area contributed by atoms with Gasteiger partial charge in [0.15, 0.2) is 0 Å². The average Bonchev–Trinajstić information content (AvgIpc) is 2.05. The van der Waals surface area contributed by atoms with Crippen molar-refractivity contribution in [2.45, 2.75) is 11.6 Å². The van der Waals surface area contributed by atoms with Crippen LogP contribution in [-0.4, -0.2) is 0 Å². The SMILES string of the molecule is Cc1ccc([CH2][Au])c(OC#N)c1. The fourth-order valence-corrected chi connectivity index (χ4v) is 1.53. The molecule has 0 heterocycles. The van der Waals surface area contributed by atoms with Crippen LogP contribution in [0.1, 0.15) is 11.1 Å². The van der Waals surface area contributed by atoms with Crippen molar-refractivity contribution >= 4 is 0 Å². The molecule has 0 aliphatic carbocycles. The van der Waals surface area contributed by atoms with E-state index in [-0.39, 0.29) is 0 Å². The second kappa shape index (κ2) is 4.32. The third-order valence-electron chi connectivity index (χ3n) is 1.49. The van der Waals surface area contributed by atoms with E-state index in [9.17, 15) is 0 Å². The Morgan fingerprint density at radius 2 is 2.33 bits per heavy atom. The molecular formula is C9H8AuNO. The van der Waals surface area contributed by atoms with Crippen molar-refractivity contribution in [3.8, 4) is 12.0 Å². The van der Waals surface area contributed by atoms with Crippen molar-refractivity contribution in [1.82, 2.24) is 0 Å². The van der Waals surface area contributed by atoms with Crippen LogP contribution in [0.15, 0.2) is 18.2 Å². The van der Waals surface area contributed by atoms with Crippen molar-refractivity contribution < 1.29 is 25.8 Å². The molecule has 0 N–H and O–H groups in total. The number of benzene rings is 1. The van der Waals surface area contributed by atoms with Gasteiger partial charge in [-0.25, -0.2) is 0 Å². The molecule has 0 unspecified atom stereocenters. The number of rotatable bonds is 2. The van der Waals surface area contributed by atoms with E-state index in [4.69, 9.17) is 10.00 Å². The number of nitriles is 1. The molecule has 0 fully saturated rings. The molecule has 0 bridgehead atoms. The number of hydrogen-bond acceptors (Lipinski definition) is 2. The topological polar surface area (TPSA) is 33.0 Å². The summed E-state index contributed by atoms with van der Waals surface area (Å²) in [6.07, 6.45) is 1.68. The zero-order chi connectivity index (χ0) is 8.97. The zero-order valence-electron chi connectivity index (χ0n) is 6.60. The summed E-state index contributed by atoms with van der Waals surface area (Å²) < 4.78 is 5.64. The van der Waals surface area contributed by atoms with E-state index in [0.717, 1.165) is 15.8 Å². The van der Waals surface area contributed by atoms with Crippen LogP contribution in [0.5, 0.6) is 5.75 Å². The fourth-order valence-electron chi connectivity index (χ4n) is 0.894. The van der Waals surface area contributed by atoms with Gasteiger partial charge in [-0.2, -0.15) is 0 Å². The Labute approximate surface area is 84.1 Å². The van der Waals surface area contributed by atoms with Gasteiger partial charge >= 0.3 is 84.0 Å². The van der Waals surface area contributed by atoms with Crippen molar-refractivity contribution in [2.75, 3.05) is 0 Å². The molecular weight excluding hydrogens is 335 g/mol. The molecule has 3 heteroatoms. The third kappa shape index (κ3) is 2.12.